The van der Waals surface area contributed by atoms with E-state index in [1.54, 1.807) is 24.0 Å². The molecule has 1 saturated heterocycles. The highest BCUT2D eigenvalue weighted by Gasteiger charge is 2.60. The number of likely N-dealkylation sites (tertiary alicyclic amines) is 1. The Morgan fingerprint density at radius 2 is 1.79 bits per heavy atom. The summed E-state index contributed by atoms with van der Waals surface area (Å²) >= 11 is 0. The minimum Gasteiger partial charge on any atom is -0.364 e. The first-order valence-corrected chi connectivity index (χ1v) is 14.1. The molecule has 1 atom stereocenters. The van der Waals surface area contributed by atoms with Gasteiger partial charge in [0.2, 0.25) is 5.91 Å². The molecule has 2 aromatic carbocycles. The second-order valence-electron chi connectivity index (χ2n) is 10.3. The fourth-order valence-electron chi connectivity index (χ4n) is 6.10. The Kier molecular flexibility index (Phi) is 5.78. The first-order valence-electron chi connectivity index (χ1n) is 12.6. The van der Waals surface area contributed by atoms with E-state index in [9.17, 15) is 22.4 Å². The van der Waals surface area contributed by atoms with E-state index in [0.29, 0.717) is 37.3 Å². The summed E-state index contributed by atoms with van der Waals surface area (Å²) in [6, 6.07) is 11.3. The number of benzene rings is 2. The molecule has 2 amide bonds. The number of halogens is 1. The van der Waals surface area contributed by atoms with E-state index in [1.165, 1.54) is 28.8 Å². The lowest BCUT2D eigenvalue weighted by molar-refractivity contribution is -0.130. The van der Waals surface area contributed by atoms with Crippen LogP contribution in [0.2, 0.25) is 0 Å². The summed E-state index contributed by atoms with van der Waals surface area (Å²) in [5.74, 6) is -0.795. The number of carbonyl (C=O) groups excluding carboxylic acids is 2. The number of carbonyl (C=O) groups is 2. The van der Waals surface area contributed by atoms with Gasteiger partial charge in [-0.05, 0) is 79.6 Å². The highest BCUT2D eigenvalue weighted by Crippen LogP contribution is 2.59. The smallest absolute Gasteiger partial charge is 0.277 e. The van der Waals surface area contributed by atoms with Gasteiger partial charge in [-0.3, -0.25) is 13.9 Å². The number of nitrogens with one attached hydrogen (secondary N) is 1. The van der Waals surface area contributed by atoms with Crippen LogP contribution in [0.25, 0.3) is 0 Å². The molecule has 1 spiro atoms. The van der Waals surface area contributed by atoms with Crippen molar-refractivity contribution in [3.63, 3.8) is 0 Å². The zero-order chi connectivity index (χ0) is 26.7. The minimum absolute atomic E-state index is 0.00883. The molecular formula is C27H27FN4O5S. The van der Waals surface area contributed by atoms with Gasteiger partial charge >= 0.3 is 0 Å². The van der Waals surface area contributed by atoms with Crippen LogP contribution in [-0.2, 0) is 20.2 Å². The maximum atomic E-state index is 14.1. The van der Waals surface area contributed by atoms with Crippen molar-refractivity contribution in [1.82, 2.24) is 10.1 Å². The number of anilines is 2. The Balaban J connectivity index is 1.47. The van der Waals surface area contributed by atoms with E-state index < -0.39 is 27.2 Å². The fraction of sp³-hybridized carbons (Fsp3) is 0.370. The van der Waals surface area contributed by atoms with Gasteiger partial charge in [0.15, 0.2) is 5.69 Å². The molecule has 1 N–H and O–H groups in total. The van der Waals surface area contributed by atoms with Crippen molar-refractivity contribution in [3.8, 4) is 0 Å². The topological polar surface area (TPSA) is 113 Å². The van der Waals surface area contributed by atoms with Gasteiger partial charge < -0.3 is 14.7 Å². The molecule has 6 rings (SSSR count). The van der Waals surface area contributed by atoms with Gasteiger partial charge in [-0.15, -0.1) is 0 Å². The molecule has 11 heteroatoms. The highest BCUT2D eigenvalue weighted by molar-refractivity contribution is 7.92. The van der Waals surface area contributed by atoms with Gasteiger partial charge in [-0.25, -0.2) is 12.8 Å². The second kappa shape index (κ2) is 8.93. The van der Waals surface area contributed by atoms with Crippen LogP contribution in [0.15, 0.2) is 64.2 Å². The Labute approximate surface area is 219 Å². The summed E-state index contributed by atoms with van der Waals surface area (Å²) in [5.41, 5.74) is 1.50. The van der Waals surface area contributed by atoms with Crippen LogP contribution in [0.3, 0.4) is 0 Å². The van der Waals surface area contributed by atoms with Gasteiger partial charge in [-0.2, -0.15) is 0 Å². The third-order valence-corrected chi connectivity index (χ3v) is 9.87. The predicted octanol–water partition coefficient (Wildman–Crippen LogP) is 3.93. The molecular weight excluding hydrogens is 511 g/mol. The van der Waals surface area contributed by atoms with Gasteiger partial charge in [-0.1, -0.05) is 5.16 Å². The van der Waals surface area contributed by atoms with Crippen molar-refractivity contribution in [2.45, 2.75) is 49.0 Å². The van der Waals surface area contributed by atoms with Crippen molar-refractivity contribution in [2.24, 2.45) is 5.92 Å². The molecule has 2 aliphatic heterocycles. The summed E-state index contributed by atoms with van der Waals surface area (Å²) in [4.78, 5) is 26.6. The monoisotopic (exact) mass is 538 g/mol. The maximum Gasteiger partial charge on any atom is 0.277 e. The van der Waals surface area contributed by atoms with Crippen molar-refractivity contribution in [3.05, 3.63) is 71.9 Å². The Morgan fingerprint density at radius 3 is 2.39 bits per heavy atom. The van der Waals surface area contributed by atoms with Gasteiger partial charge in [0.25, 0.3) is 15.9 Å². The second-order valence-corrected chi connectivity index (χ2v) is 12.1. The first-order chi connectivity index (χ1) is 18.2. The predicted molar refractivity (Wildman–Crippen MR) is 137 cm³/mol. The molecule has 38 heavy (non-hydrogen) atoms. The van der Waals surface area contributed by atoms with E-state index in [-0.39, 0.29) is 28.5 Å². The number of piperidine rings is 1. The third kappa shape index (κ3) is 3.96. The lowest BCUT2D eigenvalue weighted by Crippen LogP contribution is -2.54. The fourth-order valence-corrected chi connectivity index (χ4v) is 7.90. The van der Waals surface area contributed by atoms with E-state index in [1.807, 2.05) is 6.07 Å². The molecule has 3 aromatic rings. The number of hydrogen-bond donors (Lipinski definition) is 1. The van der Waals surface area contributed by atoms with Gasteiger partial charge in [0.1, 0.15) is 12.1 Å². The summed E-state index contributed by atoms with van der Waals surface area (Å²) in [6.07, 6.45) is 4.31. The first kappa shape index (κ1) is 24.6. The largest absolute Gasteiger partial charge is 0.364 e. The number of nitrogens with zero attached hydrogens (tertiary/aromatic N) is 3. The van der Waals surface area contributed by atoms with E-state index in [2.05, 4.69) is 10.5 Å². The van der Waals surface area contributed by atoms with Gasteiger partial charge in [0.05, 0.1) is 16.6 Å². The lowest BCUT2D eigenvalue weighted by Gasteiger charge is -2.45. The Morgan fingerprint density at radius 1 is 1.08 bits per heavy atom. The average molecular weight is 539 g/mol. The number of aromatic nitrogens is 1. The van der Waals surface area contributed by atoms with Crippen molar-refractivity contribution in [1.29, 1.82) is 0 Å². The molecule has 2 fully saturated rings. The van der Waals surface area contributed by atoms with Crippen LogP contribution >= 0.6 is 0 Å². The third-order valence-electron chi connectivity index (χ3n) is 8.06. The number of sulfonamides is 1. The van der Waals surface area contributed by atoms with Crippen LogP contribution in [0, 0.1) is 11.7 Å². The Hall–Kier alpha value is -3.73. The van der Waals surface area contributed by atoms with Crippen molar-refractivity contribution >= 4 is 33.2 Å². The van der Waals surface area contributed by atoms with E-state index >= 15 is 0 Å². The molecule has 3 aliphatic rings. The standard InChI is InChI=1S/C27H27FN4O5S/c1-17(33)31-13-11-27(12-14-31)22-16-20(29-26(34)23-10-15-37-30-23)6-9-24(22)32(25(27)18-2-3-18)38(35,36)21-7-4-19(28)5-8-21/h4-10,15-16,18,25H,2-3,11-14H2,1H3,(H,29,34). The lowest BCUT2D eigenvalue weighted by atomic mass is 9.68. The summed E-state index contributed by atoms with van der Waals surface area (Å²) in [5, 5.41) is 6.52. The summed E-state index contributed by atoms with van der Waals surface area (Å²) in [7, 11) is -4.02. The highest BCUT2D eigenvalue weighted by atomic mass is 32.2. The van der Waals surface area contributed by atoms with Gasteiger partial charge in [0, 0.05) is 37.2 Å². The normalized spacial score (nSPS) is 20.4. The van der Waals surface area contributed by atoms with E-state index in [4.69, 9.17) is 4.52 Å². The molecule has 3 heterocycles. The van der Waals surface area contributed by atoms with E-state index in [0.717, 1.165) is 30.5 Å². The zero-order valence-corrected chi connectivity index (χ0v) is 21.6. The molecule has 198 valence electrons. The van der Waals surface area contributed by atoms with Crippen LogP contribution < -0.4 is 9.62 Å². The molecule has 1 saturated carbocycles. The molecule has 1 unspecified atom stereocenters. The Bertz CT molecular complexity index is 1490. The molecule has 0 radical (unpaired) electrons. The minimum atomic E-state index is -4.02. The van der Waals surface area contributed by atoms with Crippen molar-refractivity contribution in [2.75, 3.05) is 22.7 Å². The van der Waals surface area contributed by atoms with Crippen LogP contribution in [0.5, 0.6) is 0 Å². The zero-order valence-electron chi connectivity index (χ0n) is 20.8. The molecule has 1 aliphatic carbocycles. The number of rotatable bonds is 5. The number of fused-ring (bicyclic) bond motifs is 2. The average Bonchev–Trinajstić information content (AvgIpc) is 3.49. The number of amides is 2. The number of hydrogen-bond acceptors (Lipinski definition) is 6. The van der Waals surface area contributed by atoms with Crippen molar-refractivity contribution < 1.29 is 26.9 Å². The quantitative estimate of drug-likeness (QED) is 0.527. The summed E-state index contributed by atoms with van der Waals surface area (Å²) < 4.78 is 48.2. The SMILES string of the molecule is CC(=O)N1CCC2(CC1)c1cc(NC(=O)c3ccon3)ccc1N(S(=O)(=O)c1ccc(F)cc1)C2C1CC1. The molecule has 0 bridgehead atoms. The summed E-state index contributed by atoms with van der Waals surface area (Å²) in [6.45, 7) is 2.57. The molecule has 9 nitrogen and oxygen atoms in total. The van der Waals surface area contributed by atoms with Crippen LogP contribution in [0.4, 0.5) is 15.8 Å². The maximum absolute atomic E-state index is 14.1. The molecule has 1 aromatic heterocycles. The van der Waals surface area contributed by atoms with Crippen LogP contribution in [-0.4, -0.2) is 49.4 Å². The van der Waals surface area contributed by atoms with Crippen LogP contribution in [0.1, 0.15) is 48.7 Å².